The topological polar surface area (TPSA) is 52.6 Å². The molecule has 1 saturated heterocycles. The van der Waals surface area contributed by atoms with Crippen molar-refractivity contribution >= 4 is 10.0 Å². The van der Waals surface area contributed by atoms with Gasteiger partial charge in [0.15, 0.2) is 0 Å². The second kappa shape index (κ2) is 9.60. The fourth-order valence-corrected chi connectivity index (χ4v) is 6.08. The van der Waals surface area contributed by atoms with Crippen molar-refractivity contribution in [3.8, 4) is 0 Å². The third kappa shape index (κ3) is 5.30. The van der Waals surface area contributed by atoms with Crippen LogP contribution in [-0.2, 0) is 16.6 Å². The lowest BCUT2D eigenvalue weighted by Crippen LogP contribution is -2.58. The Morgan fingerprint density at radius 2 is 1.57 bits per heavy atom. The van der Waals surface area contributed by atoms with Gasteiger partial charge in [-0.05, 0) is 37.5 Å². The number of hydrogen-bond donors (Lipinski definition) is 1. The van der Waals surface area contributed by atoms with Gasteiger partial charge in [0, 0.05) is 44.8 Å². The van der Waals surface area contributed by atoms with Crippen LogP contribution in [0.1, 0.15) is 36.8 Å². The van der Waals surface area contributed by atoms with Crippen LogP contribution in [0.25, 0.3) is 0 Å². The number of nitrogens with one attached hydrogen (secondary N) is 1. The van der Waals surface area contributed by atoms with E-state index in [4.69, 9.17) is 0 Å². The van der Waals surface area contributed by atoms with Gasteiger partial charge in [-0.2, -0.15) is 0 Å². The molecule has 2 fully saturated rings. The predicted octanol–water partition coefficient (Wildman–Crippen LogP) is 3.40. The van der Waals surface area contributed by atoms with E-state index in [1.165, 1.54) is 17.5 Å². The lowest BCUT2D eigenvalue weighted by atomic mass is 9.89. The van der Waals surface area contributed by atoms with Crippen LogP contribution in [0.4, 0.5) is 0 Å². The van der Waals surface area contributed by atoms with Crippen molar-refractivity contribution in [1.29, 1.82) is 0 Å². The molecule has 2 aromatic rings. The van der Waals surface area contributed by atoms with E-state index in [1.54, 1.807) is 24.3 Å². The summed E-state index contributed by atoms with van der Waals surface area (Å²) in [6.07, 6.45) is 4.25. The van der Waals surface area contributed by atoms with Crippen molar-refractivity contribution in [2.75, 3.05) is 26.2 Å². The molecule has 1 saturated carbocycles. The van der Waals surface area contributed by atoms with E-state index in [2.05, 4.69) is 45.7 Å². The van der Waals surface area contributed by atoms with Crippen molar-refractivity contribution in [2.45, 2.75) is 56.1 Å². The summed E-state index contributed by atoms with van der Waals surface area (Å²) in [5, 5.41) is 0. The highest BCUT2D eigenvalue weighted by atomic mass is 32.2. The van der Waals surface area contributed by atoms with Crippen LogP contribution in [-0.4, -0.2) is 56.5 Å². The van der Waals surface area contributed by atoms with E-state index in [0.717, 1.165) is 52.0 Å². The van der Waals surface area contributed by atoms with Crippen molar-refractivity contribution in [2.24, 2.45) is 0 Å². The number of rotatable bonds is 6. The van der Waals surface area contributed by atoms with E-state index in [0.29, 0.717) is 10.9 Å². The average molecular weight is 428 g/mol. The van der Waals surface area contributed by atoms with Gasteiger partial charge in [-0.1, -0.05) is 60.9 Å². The Balaban J connectivity index is 1.36. The normalized spacial score (nSPS) is 24.0. The Bertz CT molecular complexity index is 907. The zero-order valence-corrected chi connectivity index (χ0v) is 18.7. The van der Waals surface area contributed by atoms with Gasteiger partial charge >= 0.3 is 0 Å². The first-order valence-electron chi connectivity index (χ1n) is 11.1. The lowest BCUT2D eigenvalue weighted by Gasteiger charge is -2.44. The molecule has 2 atom stereocenters. The molecule has 0 unspecified atom stereocenters. The molecule has 0 bridgehead atoms. The molecule has 0 radical (unpaired) electrons. The Kier molecular flexibility index (Phi) is 6.88. The minimum atomic E-state index is -3.47. The summed E-state index contributed by atoms with van der Waals surface area (Å²) in [7, 11) is -3.47. The lowest BCUT2D eigenvalue weighted by molar-refractivity contribution is 0.0631. The minimum absolute atomic E-state index is 0.00685. The third-order valence-corrected chi connectivity index (χ3v) is 8.00. The Labute approximate surface area is 181 Å². The molecule has 30 heavy (non-hydrogen) atoms. The highest BCUT2D eigenvalue weighted by Gasteiger charge is 2.34. The predicted molar refractivity (Wildman–Crippen MR) is 121 cm³/mol. The van der Waals surface area contributed by atoms with Crippen molar-refractivity contribution in [3.05, 3.63) is 65.7 Å². The SMILES string of the molecule is Cc1ccc(CN2CCN([C@H]3CCCC[C@@H]3NS(=O)(=O)c3ccccc3)CC2)cc1. The largest absolute Gasteiger partial charge is 0.297 e. The quantitative estimate of drug-likeness (QED) is 0.768. The fourth-order valence-electron chi connectivity index (χ4n) is 4.76. The maximum Gasteiger partial charge on any atom is 0.240 e. The second-order valence-electron chi connectivity index (χ2n) is 8.69. The van der Waals surface area contributed by atoms with Gasteiger partial charge in [-0.25, -0.2) is 13.1 Å². The molecule has 1 aliphatic carbocycles. The number of piperazine rings is 1. The van der Waals surface area contributed by atoms with Gasteiger partial charge in [0.1, 0.15) is 0 Å². The summed E-state index contributed by atoms with van der Waals surface area (Å²) in [5.74, 6) is 0. The molecular weight excluding hydrogens is 394 g/mol. The molecule has 0 aromatic heterocycles. The van der Waals surface area contributed by atoms with E-state index in [-0.39, 0.29) is 6.04 Å². The molecule has 1 aliphatic heterocycles. The zero-order valence-electron chi connectivity index (χ0n) is 17.8. The number of benzene rings is 2. The van der Waals surface area contributed by atoms with Crippen LogP contribution >= 0.6 is 0 Å². The van der Waals surface area contributed by atoms with Gasteiger partial charge < -0.3 is 0 Å². The molecular formula is C24H33N3O2S. The summed E-state index contributed by atoms with van der Waals surface area (Å²) < 4.78 is 28.8. The summed E-state index contributed by atoms with van der Waals surface area (Å²) in [5.41, 5.74) is 2.66. The summed E-state index contributed by atoms with van der Waals surface area (Å²) in [4.78, 5) is 5.38. The number of sulfonamides is 1. The minimum Gasteiger partial charge on any atom is -0.297 e. The maximum atomic E-state index is 12.9. The number of hydrogen-bond acceptors (Lipinski definition) is 4. The molecule has 0 spiro atoms. The van der Waals surface area contributed by atoms with Gasteiger partial charge in [0.2, 0.25) is 10.0 Å². The Hall–Kier alpha value is -1.73. The van der Waals surface area contributed by atoms with E-state index >= 15 is 0 Å². The van der Waals surface area contributed by atoms with Gasteiger partial charge in [0.25, 0.3) is 0 Å². The molecule has 5 nitrogen and oxygen atoms in total. The molecule has 162 valence electrons. The smallest absolute Gasteiger partial charge is 0.240 e. The Morgan fingerprint density at radius 1 is 0.900 bits per heavy atom. The van der Waals surface area contributed by atoms with Crippen molar-refractivity contribution in [3.63, 3.8) is 0 Å². The van der Waals surface area contributed by atoms with Crippen molar-refractivity contribution < 1.29 is 8.42 Å². The molecule has 1 heterocycles. The molecule has 1 N–H and O–H groups in total. The number of aryl methyl sites for hydroxylation is 1. The van der Waals surface area contributed by atoms with Crippen LogP contribution < -0.4 is 4.72 Å². The monoisotopic (exact) mass is 427 g/mol. The van der Waals surface area contributed by atoms with Crippen LogP contribution in [0, 0.1) is 6.92 Å². The molecule has 6 heteroatoms. The number of nitrogens with zero attached hydrogens (tertiary/aromatic N) is 2. The fraction of sp³-hybridized carbons (Fsp3) is 0.500. The van der Waals surface area contributed by atoms with Crippen LogP contribution in [0.15, 0.2) is 59.5 Å². The second-order valence-corrected chi connectivity index (χ2v) is 10.4. The molecule has 0 amide bonds. The van der Waals surface area contributed by atoms with Crippen LogP contribution in [0.5, 0.6) is 0 Å². The van der Waals surface area contributed by atoms with Crippen LogP contribution in [0.3, 0.4) is 0 Å². The first-order chi connectivity index (χ1) is 14.5. The highest BCUT2D eigenvalue weighted by Crippen LogP contribution is 2.26. The first-order valence-corrected chi connectivity index (χ1v) is 12.6. The first kappa shape index (κ1) is 21.5. The summed E-state index contributed by atoms with van der Waals surface area (Å²) >= 11 is 0. The van der Waals surface area contributed by atoms with Gasteiger partial charge in [0.05, 0.1) is 4.90 Å². The zero-order chi connectivity index (χ0) is 21.0. The summed E-state index contributed by atoms with van der Waals surface area (Å²) in [6, 6.07) is 17.8. The standard InChI is InChI=1S/C24H33N3O2S/c1-20-11-13-21(14-12-20)19-26-15-17-27(18-16-26)24-10-6-5-9-23(24)25-30(28,29)22-7-3-2-4-8-22/h2-4,7-8,11-14,23-25H,5-6,9-10,15-19H2,1H3/t23-,24-/m0/s1. The van der Waals surface area contributed by atoms with Crippen LogP contribution in [0.2, 0.25) is 0 Å². The van der Waals surface area contributed by atoms with Gasteiger partial charge in [-0.15, -0.1) is 0 Å². The maximum absolute atomic E-state index is 12.9. The van der Waals surface area contributed by atoms with Crippen molar-refractivity contribution in [1.82, 2.24) is 14.5 Å². The van der Waals surface area contributed by atoms with E-state index in [9.17, 15) is 8.42 Å². The van der Waals surface area contributed by atoms with E-state index in [1.807, 2.05) is 6.07 Å². The molecule has 2 aliphatic rings. The van der Waals surface area contributed by atoms with Gasteiger partial charge in [-0.3, -0.25) is 9.80 Å². The molecule has 4 rings (SSSR count). The highest BCUT2D eigenvalue weighted by molar-refractivity contribution is 7.89. The summed E-state index contributed by atoms with van der Waals surface area (Å²) in [6.45, 7) is 7.17. The average Bonchev–Trinajstić information content (AvgIpc) is 2.77. The third-order valence-electron chi connectivity index (χ3n) is 6.49. The Morgan fingerprint density at radius 3 is 2.27 bits per heavy atom. The van der Waals surface area contributed by atoms with E-state index < -0.39 is 10.0 Å². The molecule has 2 aromatic carbocycles.